The van der Waals surface area contributed by atoms with E-state index in [0.717, 1.165) is 12.8 Å². The SMILES string of the molecule is CC1OC(=O)C=C1CCCCCCCCCCCCCO. The number of ether oxygens (including phenoxy) is 1. The molecule has 0 saturated carbocycles. The summed E-state index contributed by atoms with van der Waals surface area (Å²) in [6, 6.07) is 0. The summed E-state index contributed by atoms with van der Waals surface area (Å²) in [4.78, 5) is 11.1. The minimum Gasteiger partial charge on any atom is -0.455 e. The highest BCUT2D eigenvalue weighted by molar-refractivity contribution is 5.85. The van der Waals surface area contributed by atoms with Gasteiger partial charge in [-0.15, -0.1) is 0 Å². The summed E-state index contributed by atoms with van der Waals surface area (Å²) in [5.41, 5.74) is 1.17. The van der Waals surface area contributed by atoms with Crippen LogP contribution in [0, 0.1) is 0 Å². The second-order valence-corrected chi connectivity index (χ2v) is 6.16. The molecule has 122 valence electrons. The number of unbranched alkanes of at least 4 members (excludes halogenated alkanes) is 10. The number of rotatable bonds is 13. The Morgan fingerprint density at radius 2 is 1.38 bits per heavy atom. The molecule has 0 amide bonds. The molecule has 3 nitrogen and oxygen atoms in total. The van der Waals surface area contributed by atoms with Crippen LogP contribution in [0.5, 0.6) is 0 Å². The second kappa shape index (κ2) is 11.8. The van der Waals surface area contributed by atoms with Crippen molar-refractivity contribution in [3.63, 3.8) is 0 Å². The Balaban J connectivity index is 1.81. The highest BCUT2D eigenvalue weighted by atomic mass is 16.5. The molecular formula is C18H32O3. The highest BCUT2D eigenvalue weighted by Gasteiger charge is 2.20. The largest absolute Gasteiger partial charge is 0.455 e. The molecule has 1 rings (SSSR count). The van der Waals surface area contributed by atoms with Crippen molar-refractivity contribution < 1.29 is 14.6 Å². The molecule has 0 fully saturated rings. The van der Waals surface area contributed by atoms with Crippen LogP contribution in [0.3, 0.4) is 0 Å². The third-order valence-corrected chi connectivity index (χ3v) is 4.24. The summed E-state index contributed by atoms with van der Waals surface area (Å²) < 4.78 is 5.09. The second-order valence-electron chi connectivity index (χ2n) is 6.16. The van der Waals surface area contributed by atoms with E-state index in [4.69, 9.17) is 9.84 Å². The van der Waals surface area contributed by atoms with Gasteiger partial charge in [-0.05, 0) is 31.8 Å². The van der Waals surface area contributed by atoms with Crippen LogP contribution in [0.1, 0.15) is 84.0 Å². The number of aliphatic hydroxyl groups excluding tert-OH is 1. The molecule has 0 bridgehead atoms. The van der Waals surface area contributed by atoms with Crippen molar-refractivity contribution in [3.8, 4) is 0 Å². The van der Waals surface area contributed by atoms with Crippen LogP contribution in [-0.2, 0) is 9.53 Å². The molecule has 1 atom stereocenters. The Morgan fingerprint density at radius 3 is 1.81 bits per heavy atom. The van der Waals surface area contributed by atoms with Gasteiger partial charge in [-0.1, -0.05) is 57.8 Å². The van der Waals surface area contributed by atoms with Crippen LogP contribution < -0.4 is 0 Å². The number of carbonyl (C=O) groups excluding carboxylic acids is 1. The zero-order valence-electron chi connectivity index (χ0n) is 13.6. The molecule has 0 aliphatic carbocycles. The smallest absolute Gasteiger partial charge is 0.331 e. The van der Waals surface area contributed by atoms with Gasteiger partial charge in [0.1, 0.15) is 6.10 Å². The quantitative estimate of drug-likeness (QED) is 0.401. The van der Waals surface area contributed by atoms with E-state index in [-0.39, 0.29) is 12.1 Å². The molecule has 0 aromatic carbocycles. The Bertz CT molecular complexity index is 310. The van der Waals surface area contributed by atoms with Gasteiger partial charge >= 0.3 is 5.97 Å². The summed E-state index contributed by atoms with van der Waals surface area (Å²) in [7, 11) is 0. The van der Waals surface area contributed by atoms with Crippen molar-refractivity contribution >= 4 is 5.97 Å². The highest BCUT2D eigenvalue weighted by Crippen LogP contribution is 2.21. The number of esters is 1. The van der Waals surface area contributed by atoms with Crippen molar-refractivity contribution in [2.45, 2.75) is 90.1 Å². The van der Waals surface area contributed by atoms with Crippen LogP contribution >= 0.6 is 0 Å². The van der Waals surface area contributed by atoms with E-state index in [2.05, 4.69) is 0 Å². The first-order chi connectivity index (χ1) is 10.2. The van der Waals surface area contributed by atoms with Crippen LogP contribution in [0.25, 0.3) is 0 Å². The van der Waals surface area contributed by atoms with Crippen LogP contribution in [0.2, 0.25) is 0 Å². The van der Waals surface area contributed by atoms with Gasteiger partial charge in [0.15, 0.2) is 0 Å². The van der Waals surface area contributed by atoms with E-state index < -0.39 is 0 Å². The maximum Gasteiger partial charge on any atom is 0.331 e. The minimum absolute atomic E-state index is 0.00309. The summed E-state index contributed by atoms with van der Waals surface area (Å²) in [6.45, 7) is 2.30. The number of carbonyl (C=O) groups is 1. The summed E-state index contributed by atoms with van der Waals surface area (Å²) in [5, 5.41) is 8.68. The van der Waals surface area contributed by atoms with Gasteiger partial charge in [0.25, 0.3) is 0 Å². The Labute approximate surface area is 129 Å². The molecule has 0 aromatic heterocycles. The van der Waals surface area contributed by atoms with Gasteiger partial charge in [-0.3, -0.25) is 0 Å². The van der Waals surface area contributed by atoms with Crippen molar-refractivity contribution in [1.82, 2.24) is 0 Å². The Morgan fingerprint density at radius 1 is 0.905 bits per heavy atom. The molecule has 1 heterocycles. The summed E-state index contributed by atoms with van der Waals surface area (Å²) >= 11 is 0. The lowest BCUT2D eigenvalue weighted by Gasteiger charge is -2.08. The average molecular weight is 296 g/mol. The first-order valence-corrected chi connectivity index (χ1v) is 8.76. The fourth-order valence-corrected chi connectivity index (χ4v) is 2.86. The first-order valence-electron chi connectivity index (χ1n) is 8.76. The van der Waals surface area contributed by atoms with E-state index in [0.29, 0.717) is 6.61 Å². The van der Waals surface area contributed by atoms with Crippen molar-refractivity contribution in [2.75, 3.05) is 6.61 Å². The average Bonchev–Trinajstić information content (AvgIpc) is 2.78. The third kappa shape index (κ3) is 8.92. The fraction of sp³-hybridized carbons (Fsp3) is 0.833. The topological polar surface area (TPSA) is 46.5 Å². The molecule has 1 N–H and O–H groups in total. The zero-order chi connectivity index (χ0) is 15.3. The van der Waals surface area contributed by atoms with E-state index in [9.17, 15) is 4.79 Å². The molecule has 1 unspecified atom stereocenters. The molecule has 0 saturated heterocycles. The normalized spacial score (nSPS) is 17.9. The third-order valence-electron chi connectivity index (χ3n) is 4.24. The lowest BCUT2D eigenvalue weighted by Crippen LogP contribution is -2.05. The Hall–Kier alpha value is -0.830. The number of hydrogen-bond acceptors (Lipinski definition) is 3. The molecule has 1 aliphatic heterocycles. The van der Waals surface area contributed by atoms with Gasteiger partial charge < -0.3 is 9.84 Å². The fourth-order valence-electron chi connectivity index (χ4n) is 2.86. The molecule has 21 heavy (non-hydrogen) atoms. The Kier molecular flexibility index (Phi) is 10.2. The van der Waals surface area contributed by atoms with E-state index in [1.165, 1.54) is 69.8 Å². The zero-order valence-corrected chi connectivity index (χ0v) is 13.6. The standard InChI is InChI=1S/C18H32O3/c1-16-17(15-18(20)21-16)13-11-9-7-5-3-2-4-6-8-10-12-14-19/h15-16,19H,2-14H2,1H3. The lowest BCUT2D eigenvalue weighted by atomic mass is 10.0. The van der Waals surface area contributed by atoms with Crippen molar-refractivity contribution in [2.24, 2.45) is 0 Å². The molecular weight excluding hydrogens is 264 g/mol. The maximum atomic E-state index is 11.1. The van der Waals surface area contributed by atoms with Crippen LogP contribution in [0.4, 0.5) is 0 Å². The first kappa shape index (κ1) is 18.2. The molecule has 3 heteroatoms. The van der Waals surface area contributed by atoms with Crippen LogP contribution in [-0.4, -0.2) is 23.8 Å². The maximum absolute atomic E-state index is 11.1. The van der Waals surface area contributed by atoms with E-state index >= 15 is 0 Å². The summed E-state index contributed by atoms with van der Waals surface area (Å²) in [5.74, 6) is -0.170. The monoisotopic (exact) mass is 296 g/mol. The van der Waals surface area contributed by atoms with Crippen molar-refractivity contribution in [1.29, 1.82) is 0 Å². The number of cyclic esters (lactones) is 1. The molecule has 0 radical (unpaired) electrons. The number of hydrogen-bond donors (Lipinski definition) is 1. The van der Waals surface area contributed by atoms with E-state index in [1.807, 2.05) is 6.92 Å². The summed E-state index contributed by atoms with van der Waals surface area (Å²) in [6.07, 6.45) is 16.5. The van der Waals surface area contributed by atoms with Gasteiger partial charge in [0.05, 0.1) is 0 Å². The van der Waals surface area contributed by atoms with Gasteiger partial charge in [-0.2, -0.15) is 0 Å². The van der Waals surface area contributed by atoms with Gasteiger partial charge in [0, 0.05) is 12.7 Å². The number of aliphatic hydroxyl groups is 1. The van der Waals surface area contributed by atoms with E-state index in [1.54, 1.807) is 6.08 Å². The predicted molar refractivity (Wildman–Crippen MR) is 86.1 cm³/mol. The molecule has 0 spiro atoms. The predicted octanol–water partition coefficient (Wildman–Crippen LogP) is 4.53. The minimum atomic E-state index is -0.170. The molecule has 1 aliphatic rings. The van der Waals surface area contributed by atoms with Gasteiger partial charge in [0.2, 0.25) is 0 Å². The lowest BCUT2D eigenvalue weighted by molar-refractivity contribution is -0.138. The van der Waals surface area contributed by atoms with Gasteiger partial charge in [-0.25, -0.2) is 4.79 Å². The van der Waals surface area contributed by atoms with Crippen molar-refractivity contribution in [3.05, 3.63) is 11.6 Å². The van der Waals surface area contributed by atoms with Crippen LogP contribution in [0.15, 0.2) is 11.6 Å². The molecule has 0 aromatic rings.